The van der Waals surface area contributed by atoms with Crippen molar-refractivity contribution < 1.29 is 9.59 Å². The number of rotatable bonds is 5. The number of aryl methyl sites for hydroxylation is 1. The van der Waals surface area contributed by atoms with Gasteiger partial charge in [0.1, 0.15) is 0 Å². The van der Waals surface area contributed by atoms with E-state index < -0.39 is 17.9 Å². The van der Waals surface area contributed by atoms with E-state index in [0.29, 0.717) is 6.42 Å². The lowest BCUT2D eigenvalue weighted by atomic mass is 9.68. The summed E-state index contributed by atoms with van der Waals surface area (Å²) in [6, 6.07) is 11.9. The lowest BCUT2D eigenvalue weighted by Crippen LogP contribution is -2.43. The van der Waals surface area contributed by atoms with Crippen LogP contribution in [-0.2, 0) is 16.0 Å². The van der Waals surface area contributed by atoms with Crippen LogP contribution in [0.4, 0.5) is 0 Å². The number of H-pyrrole nitrogens is 1. The lowest BCUT2D eigenvalue weighted by Gasteiger charge is -2.38. The second-order valence-electron chi connectivity index (χ2n) is 6.96. The van der Waals surface area contributed by atoms with E-state index >= 15 is 0 Å². The van der Waals surface area contributed by atoms with Gasteiger partial charge in [0.05, 0.1) is 12.0 Å². The van der Waals surface area contributed by atoms with Crippen LogP contribution in [0.5, 0.6) is 0 Å². The number of hydrogen-bond acceptors (Lipinski definition) is 3. The van der Waals surface area contributed by atoms with Gasteiger partial charge in [0, 0.05) is 17.8 Å². The third-order valence-electron chi connectivity index (χ3n) is 5.27. The topological polar surface area (TPSA) is 88.3 Å². The molecule has 3 rings (SSSR count). The number of aliphatic imine (C=N–C) groups is 1. The molecule has 5 nitrogen and oxygen atoms in total. The van der Waals surface area contributed by atoms with E-state index in [4.69, 9.17) is 5.73 Å². The van der Waals surface area contributed by atoms with Crippen molar-refractivity contribution in [1.82, 2.24) is 4.98 Å². The largest absolute Gasteiger partial charge is 0.369 e. The maximum atomic E-state index is 12.0. The minimum Gasteiger partial charge on any atom is -0.369 e. The maximum Gasteiger partial charge on any atom is 0.235 e. The van der Waals surface area contributed by atoms with Gasteiger partial charge in [-0.25, -0.2) is 9.79 Å². The fourth-order valence-corrected chi connectivity index (χ4v) is 4.00. The number of carbonyl (C=O) groups excluding carboxylic acids is 2. The fourth-order valence-electron chi connectivity index (χ4n) is 4.00. The van der Waals surface area contributed by atoms with Crippen molar-refractivity contribution in [1.29, 1.82) is 0 Å². The van der Waals surface area contributed by atoms with Crippen molar-refractivity contribution in [3.8, 4) is 0 Å². The van der Waals surface area contributed by atoms with Crippen LogP contribution in [0.2, 0.25) is 0 Å². The average molecular weight is 337 g/mol. The SMILES string of the molecule is Cc1ccc(CC2CC(c3ccc[nH]3)CC(C(N)=O)C2N=C=O)cc1. The van der Waals surface area contributed by atoms with E-state index in [1.54, 1.807) is 6.08 Å². The van der Waals surface area contributed by atoms with Gasteiger partial charge < -0.3 is 10.7 Å². The number of nitrogens with two attached hydrogens (primary N) is 1. The third kappa shape index (κ3) is 3.89. The van der Waals surface area contributed by atoms with Gasteiger partial charge in [-0.15, -0.1) is 0 Å². The first-order valence-corrected chi connectivity index (χ1v) is 8.63. The Bertz CT molecular complexity index is 761. The van der Waals surface area contributed by atoms with E-state index in [-0.39, 0.29) is 11.8 Å². The first-order valence-electron chi connectivity index (χ1n) is 8.63. The van der Waals surface area contributed by atoms with Crippen LogP contribution in [0.15, 0.2) is 47.6 Å². The molecule has 5 heteroatoms. The van der Waals surface area contributed by atoms with Gasteiger partial charge in [0.2, 0.25) is 12.0 Å². The van der Waals surface area contributed by atoms with Gasteiger partial charge in [-0.1, -0.05) is 29.8 Å². The third-order valence-corrected chi connectivity index (χ3v) is 5.27. The minimum atomic E-state index is -0.445. The summed E-state index contributed by atoms with van der Waals surface area (Å²) >= 11 is 0. The summed E-state index contributed by atoms with van der Waals surface area (Å²) in [7, 11) is 0. The average Bonchev–Trinajstić information content (AvgIpc) is 3.12. The summed E-state index contributed by atoms with van der Waals surface area (Å²) in [4.78, 5) is 30.2. The first-order chi connectivity index (χ1) is 12.1. The number of hydrogen-bond donors (Lipinski definition) is 2. The zero-order valence-electron chi connectivity index (χ0n) is 14.3. The molecule has 0 saturated heterocycles. The molecule has 1 aromatic carbocycles. The van der Waals surface area contributed by atoms with Crippen molar-refractivity contribution in [3.05, 3.63) is 59.4 Å². The number of aromatic nitrogens is 1. The smallest absolute Gasteiger partial charge is 0.235 e. The van der Waals surface area contributed by atoms with E-state index in [9.17, 15) is 9.59 Å². The van der Waals surface area contributed by atoms with Gasteiger partial charge in [-0.05, 0) is 49.8 Å². The standard InChI is InChI=1S/C20H23N3O2/c1-13-4-6-14(7-5-13)9-16-10-15(18-3-2-8-22-18)11-17(20(21)25)19(16)23-12-24/h2-8,15-17,19,22H,9-11H2,1H3,(H2,21,25). The molecule has 2 aromatic rings. The highest BCUT2D eigenvalue weighted by atomic mass is 16.1. The van der Waals surface area contributed by atoms with Crippen LogP contribution < -0.4 is 5.73 Å². The normalized spacial score (nSPS) is 26.0. The summed E-state index contributed by atoms with van der Waals surface area (Å²) in [6.45, 7) is 2.05. The number of amides is 1. The zero-order valence-corrected chi connectivity index (χ0v) is 14.3. The molecule has 0 spiro atoms. The molecule has 1 saturated carbocycles. The van der Waals surface area contributed by atoms with Crippen molar-refractivity contribution in [3.63, 3.8) is 0 Å². The van der Waals surface area contributed by atoms with E-state index in [1.165, 1.54) is 11.1 Å². The Hall–Kier alpha value is -2.65. The molecule has 25 heavy (non-hydrogen) atoms. The van der Waals surface area contributed by atoms with E-state index in [2.05, 4.69) is 34.2 Å². The molecular formula is C20H23N3O2. The number of primary amides is 1. The Kier molecular flexibility index (Phi) is 5.15. The second-order valence-corrected chi connectivity index (χ2v) is 6.96. The Morgan fingerprint density at radius 3 is 2.64 bits per heavy atom. The molecule has 1 aromatic heterocycles. The van der Waals surface area contributed by atoms with Crippen molar-refractivity contribution >= 4 is 12.0 Å². The minimum absolute atomic E-state index is 0.0729. The summed E-state index contributed by atoms with van der Waals surface area (Å²) < 4.78 is 0. The van der Waals surface area contributed by atoms with Gasteiger partial charge in [0.15, 0.2) is 0 Å². The molecule has 0 radical (unpaired) electrons. The molecule has 0 bridgehead atoms. The van der Waals surface area contributed by atoms with Crippen molar-refractivity contribution in [2.75, 3.05) is 0 Å². The highest BCUT2D eigenvalue weighted by molar-refractivity contribution is 5.78. The molecule has 1 aliphatic carbocycles. The molecule has 3 N–H and O–H groups in total. The van der Waals surface area contributed by atoms with Crippen LogP contribution in [-0.4, -0.2) is 23.0 Å². The molecule has 1 fully saturated rings. The van der Waals surface area contributed by atoms with Crippen LogP contribution in [0.3, 0.4) is 0 Å². The molecule has 0 aliphatic heterocycles. The van der Waals surface area contributed by atoms with Crippen LogP contribution in [0.25, 0.3) is 0 Å². The molecule has 1 aliphatic rings. The van der Waals surface area contributed by atoms with E-state index in [1.807, 2.05) is 25.3 Å². The number of aromatic amines is 1. The Morgan fingerprint density at radius 2 is 2.04 bits per heavy atom. The van der Waals surface area contributed by atoms with Crippen LogP contribution in [0.1, 0.15) is 35.6 Å². The Morgan fingerprint density at radius 1 is 1.28 bits per heavy atom. The second kappa shape index (κ2) is 7.49. The number of benzene rings is 1. The molecule has 1 heterocycles. The molecule has 4 atom stereocenters. The zero-order chi connectivity index (χ0) is 17.8. The van der Waals surface area contributed by atoms with Gasteiger partial charge in [-0.2, -0.15) is 0 Å². The van der Waals surface area contributed by atoms with Crippen LogP contribution >= 0.6 is 0 Å². The Labute approximate surface area is 147 Å². The number of nitrogens with one attached hydrogen (secondary N) is 1. The molecule has 1 amide bonds. The summed E-state index contributed by atoms with van der Waals surface area (Å²) in [5.41, 5.74) is 9.13. The Balaban J connectivity index is 1.90. The highest BCUT2D eigenvalue weighted by Crippen LogP contribution is 2.41. The number of isocyanates is 1. The molecule has 4 unspecified atom stereocenters. The lowest BCUT2D eigenvalue weighted by molar-refractivity contribution is -0.124. The van der Waals surface area contributed by atoms with Crippen molar-refractivity contribution in [2.24, 2.45) is 22.6 Å². The van der Waals surface area contributed by atoms with E-state index in [0.717, 1.165) is 18.5 Å². The quantitative estimate of drug-likeness (QED) is 0.649. The fraction of sp³-hybridized carbons (Fsp3) is 0.400. The monoisotopic (exact) mass is 337 g/mol. The molecule has 130 valence electrons. The predicted octanol–water partition coefficient (Wildman–Crippen LogP) is 2.87. The first kappa shape index (κ1) is 17.2. The maximum absolute atomic E-state index is 12.0. The predicted molar refractivity (Wildman–Crippen MR) is 95.7 cm³/mol. The summed E-state index contributed by atoms with van der Waals surface area (Å²) in [5.74, 6) is -0.558. The van der Waals surface area contributed by atoms with Gasteiger partial charge in [-0.3, -0.25) is 4.79 Å². The van der Waals surface area contributed by atoms with Gasteiger partial charge >= 0.3 is 0 Å². The number of nitrogens with zero attached hydrogens (tertiary/aromatic N) is 1. The highest BCUT2D eigenvalue weighted by Gasteiger charge is 2.41. The summed E-state index contributed by atoms with van der Waals surface area (Å²) in [6.07, 6.45) is 5.77. The van der Waals surface area contributed by atoms with Gasteiger partial charge in [0.25, 0.3) is 0 Å². The van der Waals surface area contributed by atoms with Crippen LogP contribution in [0, 0.1) is 18.8 Å². The summed E-state index contributed by atoms with van der Waals surface area (Å²) in [5, 5.41) is 0. The number of carbonyl (C=O) groups is 1. The molecular weight excluding hydrogens is 314 g/mol. The van der Waals surface area contributed by atoms with Crippen molar-refractivity contribution in [2.45, 2.75) is 38.1 Å².